The number of nitrogens with one attached hydrogen (secondary N) is 1. The van der Waals surface area contributed by atoms with Crippen LogP contribution in [0.3, 0.4) is 0 Å². The predicted molar refractivity (Wildman–Crippen MR) is 68.9 cm³/mol. The summed E-state index contributed by atoms with van der Waals surface area (Å²) in [6, 6.07) is 15.6. The van der Waals surface area contributed by atoms with Gasteiger partial charge in [0.05, 0.1) is 5.69 Å². The van der Waals surface area contributed by atoms with E-state index in [2.05, 4.69) is 10.5 Å². The standard InChI is InChI=1S/C13H10ClFN2/c14-13(11-8-4-5-9-12(11)15)17-16-10-6-2-1-3-7-10/h1-9,16H/b17-13-. The van der Waals surface area contributed by atoms with Crippen LogP contribution in [0.15, 0.2) is 59.7 Å². The minimum absolute atomic E-state index is 0.0898. The van der Waals surface area contributed by atoms with Gasteiger partial charge in [0.2, 0.25) is 0 Å². The lowest BCUT2D eigenvalue weighted by Crippen LogP contribution is -1.99. The Morgan fingerprint density at radius 1 is 1.00 bits per heavy atom. The van der Waals surface area contributed by atoms with Crippen molar-refractivity contribution in [1.82, 2.24) is 0 Å². The van der Waals surface area contributed by atoms with Crippen LogP contribution in [0.1, 0.15) is 5.56 Å². The second-order valence-corrected chi connectivity index (χ2v) is 3.72. The lowest BCUT2D eigenvalue weighted by Gasteiger charge is -2.02. The maximum Gasteiger partial charge on any atom is 0.159 e. The van der Waals surface area contributed by atoms with Gasteiger partial charge in [0.1, 0.15) is 5.82 Å². The molecule has 86 valence electrons. The van der Waals surface area contributed by atoms with Gasteiger partial charge >= 0.3 is 0 Å². The van der Waals surface area contributed by atoms with E-state index in [1.54, 1.807) is 18.2 Å². The minimum Gasteiger partial charge on any atom is -0.277 e. The first-order valence-electron chi connectivity index (χ1n) is 5.06. The molecule has 0 fully saturated rings. The second kappa shape index (κ2) is 5.46. The third-order valence-corrected chi connectivity index (χ3v) is 2.44. The van der Waals surface area contributed by atoms with Gasteiger partial charge in [0.15, 0.2) is 5.17 Å². The van der Waals surface area contributed by atoms with E-state index in [0.29, 0.717) is 0 Å². The molecule has 0 radical (unpaired) electrons. The second-order valence-electron chi connectivity index (χ2n) is 3.36. The topological polar surface area (TPSA) is 24.4 Å². The highest BCUT2D eigenvalue weighted by Crippen LogP contribution is 2.12. The quantitative estimate of drug-likeness (QED) is 0.648. The van der Waals surface area contributed by atoms with E-state index in [0.717, 1.165) is 5.69 Å². The number of nitrogens with zero attached hydrogens (tertiary/aromatic N) is 1. The molecular weight excluding hydrogens is 239 g/mol. The Bertz CT molecular complexity index is 526. The largest absolute Gasteiger partial charge is 0.277 e. The summed E-state index contributed by atoms with van der Waals surface area (Å²) < 4.78 is 13.4. The average Bonchev–Trinajstić information content (AvgIpc) is 2.38. The molecule has 1 N–H and O–H groups in total. The zero-order valence-electron chi connectivity index (χ0n) is 8.90. The lowest BCUT2D eigenvalue weighted by molar-refractivity contribution is 0.625. The van der Waals surface area contributed by atoms with Crippen LogP contribution in [0, 0.1) is 5.82 Å². The maximum atomic E-state index is 13.4. The normalized spacial score (nSPS) is 11.3. The van der Waals surface area contributed by atoms with Crippen molar-refractivity contribution >= 4 is 22.5 Å². The molecule has 0 spiro atoms. The van der Waals surface area contributed by atoms with Crippen molar-refractivity contribution in [3.05, 3.63) is 66.0 Å². The Morgan fingerprint density at radius 2 is 1.65 bits per heavy atom. The first-order chi connectivity index (χ1) is 8.27. The van der Waals surface area contributed by atoms with E-state index in [-0.39, 0.29) is 10.7 Å². The zero-order valence-corrected chi connectivity index (χ0v) is 9.66. The van der Waals surface area contributed by atoms with Gasteiger partial charge in [0, 0.05) is 5.56 Å². The molecule has 0 saturated heterocycles. The summed E-state index contributed by atoms with van der Waals surface area (Å²) in [6.07, 6.45) is 0. The number of hydrazone groups is 1. The molecule has 2 aromatic carbocycles. The highest BCUT2D eigenvalue weighted by atomic mass is 35.5. The molecule has 0 saturated carbocycles. The third-order valence-electron chi connectivity index (χ3n) is 2.15. The summed E-state index contributed by atoms with van der Waals surface area (Å²) in [5.74, 6) is -0.392. The average molecular weight is 249 g/mol. The van der Waals surface area contributed by atoms with Crippen LogP contribution in [-0.4, -0.2) is 5.17 Å². The van der Waals surface area contributed by atoms with Crippen LogP contribution < -0.4 is 5.43 Å². The van der Waals surface area contributed by atoms with Crippen molar-refractivity contribution in [2.24, 2.45) is 5.10 Å². The Hall–Kier alpha value is -1.87. The molecule has 2 rings (SSSR count). The van der Waals surface area contributed by atoms with Gasteiger partial charge < -0.3 is 0 Å². The number of hydrogen-bond donors (Lipinski definition) is 1. The summed E-state index contributed by atoms with van der Waals surface area (Å²) in [4.78, 5) is 0. The van der Waals surface area contributed by atoms with Gasteiger partial charge in [0.25, 0.3) is 0 Å². The van der Waals surface area contributed by atoms with Crippen molar-refractivity contribution in [3.63, 3.8) is 0 Å². The van der Waals surface area contributed by atoms with E-state index in [1.165, 1.54) is 6.07 Å². The Morgan fingerprint density at radius 3 is 2.35 bits per heavy atom. The first kappa shape index (κ1) is 11.6. The Balaban J connectivity index is 2.16. The number of halogens is 2. The van der Waals surface area contributed by atoms with Gasteiger partial charge in [-0.1, -0.05) is 41.9 Å². The molecule has 17 heavy (non-hydrogen) atoms. The molecule has 0 aliphatic heterocycles. The van der Waals surface area contributed by atoms with E-state index in [1.807, 2.05) is 30.3 Å². The number of rotatable bonds is 3. The Kier molecular flexibility index (Phi) is 3.73. The summed E-state index contributed by atoms with van der Waals surface area (Å²) in [5.41, 5.74) is 3.83. The fourth-order valence-corrected chi connectivity index (χ4v) is 1.51. The smallest absolute Gasteiger partial charge is 0.159 e. The SMILES string of the molecule is Fc1ccccc1/C(Cl)=N/Nc1ccccc1. The molecule has 0 bridgehead atoms. The molecule has 0 amide bonds. The number of hydrogen-bond acceptors (Lipinski definition) is 2. The van der Waals surface area contributed by atoms with Crippen molar-refractivity contribution in [2.75, 3.05) is 5.43 Å². The summed E-state index contributed by atoms with van der Waals surface area (Å²) in [7, 11) is 0. The molecule has 4 heteroatoms. The molecule has 0 atom stereocenters. The van der Waals surface area contributed by atoms with Gasteiger partial charge in [-0.3, -0.25) is 5.43 Å². The molecule has 0 aliphatic carbocycles. The summed E-state index contributed by atoms with van der Waals surface area (Å²) in [5, 5.41) is 4.01. The predicted octanol–water partition coefficient (Wildman–Crippen LogP) is 3.84. The zero-order chi connectivity index (χ0) is 12.1. The molecule has 0 heterocycles. The lowest BCUT2D eigenvalue weighted by atomic mass is 10.2. The van der Waals surface area contributed by atoms with Crippen LogP contribution in [0.5, 0.6) is 0 Å². The van der Waals surface area contributed by atoms with Crippen molar-refractivity contribution in [1.29, 1.82) is 0 Å². The number of para-hydroxylation sites is 1. The van der Waals surface area contributed by atoms with E-state index in [4.69, 9.17) is 11.6 Å². The van der Waals surface area contributed by atoms with Crippen molar-refractivity contribution < 1.29 is 4.39 Å². The fourth-order valence-electron chi connectivity index (χ4n) is 1.32. The van der Waals surface area contributed by atoms with Crippen molar-refractivity contribution in [2.45, 2.75) is 0 Å². The fraction of sp³-hybridized carbons (Fsp3) is 0. The highest BCUT2D eigenvalue weighted by Gasteiger charge is 2.05. The molecule has 0 aromatic heterocycles. The van der Waals surface area contributed by atoms with E-state index >= 15 is 0 Å². The van der Waals surface area contributed by atoms with Crippen LogP contribution in [-0.2, 0) is 0 Å². The van der Waals surface area contributed by atoms with Gasteiger partial charge in [-0.2, -0.15) is 5.10 Å². The molecular formula is C13H10ClFN2. The third kappa shape index (κ3) is 3.04. The van der Waals surface area contributed by atoms with Crippen molar-refractivity contribution in [3.8, 4) is 0 Å². The van der Waals surface area contributed by atoms with Crippen LogP contribution in [0.4, 0.5) is 10.1 Å². The Labute approximate surface area is 104 Å². The minimum atomic E-state index is -0.392. The van der Waals surface area contributed by atoms with E-state index < -0.39 is 5.82 Å². The van der Waals surface area contributed by atoms with Crippen LogP contribution >= 0.6 is 11.6 Å². The highest BCUT2D eigenvalue weighted by molar-refractivity contribution is 6.69. The number of benzene rings is 2. The molecule has 2 nitrogen and oxygen atoms in total. The maximum absolute atomic E-state index is 13.4. The van der Waals surface area contributed by atoms with Crippen LogP contribution in [0.25, 0.3) is 0 Å². The van der Waals surface area contributed by atoms with Gasteiger partial charge in [-0.05, 0) is 24.3 Å². The summed E-state index contributed by atoms with van der Waals surface area (Å²) >= 11 is 5.91. The first-order valence-corrected chi connectivity index (χ1v) is 5.44. The summed E-state index contributed by atoms with van der Waals surface area (Å²) in [6.45, 7) is 0. The van der Waals surface area contributed by atoms with Crippen LogP contribution in [0.2, 0.25) is 0 Å². The molecule has 0 aliphatic rings. The number of anilines is 1. The molecule has 0 unspecified atom stereocenters. The monoisotopic (exact) mass is 248 g/mol. The van der Waals surface area contributed by atoms with Gasteiger partial charge in [-0.15, -0.1) is 0 Å². The van der Waals surface area contributed by atoms with E-state index in [9.17, 15) is 4.39 Å². The van der Waals surface area contributed by atoms with Gasteiger partial charge in [-0.25, -0.2) is 4.39 Å². The molecule has 2 aromatic rings.